The van der Waals surface area contributed by atoms with Gasteiger partial charge in [-0.25, -0.2) is 13.9 Å². The molecule has 0 aliphatic rings. The van der Waals surface area contributed by atoms with Crippen LogP contribution in [0.5, 0.6) is 0 Å². The summed E-state index contributed by atoms with van der Waals surface area (Å²) in [4.78, 5) is 10.7. The van der Waals surface area contributed by atoms with E-state index in [0.29, 0.717) is 5.56 Å². The lowest BCUT2D eigenvalue weighted by Gasteiger charge is -2.11. The molecule has 6 heteroatoms. The third-order valence-electron chi connectivity index (χ3n) is 2.46. The average Bonchev–Trinajstić information content (AvgIpc) is 2.77. The zero-order valence-electron chi connectivity index (χ0n) is 9.04. The number of aromatic carboxylic acids is 1. The van der Waals surface area contributed by atoms with E-state index in [4.69, 9.17) is 5.11 Å². The second-order valence-electron chi connectivity index (χ2n) is 3.62. The fourth-order valence-electron chi connectivity index (χ4n) is 1.48. The summed E-state index contributed by atoms with van der Waals surface area (Å²) in [6, 6.07) is 5.80. The first kappa shape index (κ1) is 11.3. The van der Waals surface area contributed by atoms with Gasteiger partial charge in [0.25, 0.3) is 0 Å². The molecule has 0 bridgehead atoms. The molecule has 0 saturated heterocycles. The van der Waals surface area contributed by atoms with Gasteiger partial charge in [0.1, 0.15) is 5.82 Å². The Bertz CT molecular complexity index is 553. The quantitative estimate of drug-likeness (QED) is 0.879. The van der Waals surface area contributed by atoms with E-state index in [0.717, 1.165) is 0 Å². The lowest BCUT2D eigenvalue weighted by atomic mass is 10.1. The molecule has 0 aliphatic heterocycles. The molecule has 2 rings (SSSR count). The van der Waals surface area contributed by atoms with Gasteiger partial charge in [-0.15, -0.1) is 5.10 Å². The molecule has 0 saturated carbocycles. The largest absolute Gasteiger partial charge is 0.476 e. The van der Waals surface area contributed by atoms with E-state index in [1.165, 1.54) is 23.0 Å². The van der Waals surface area contributed by atoms with Crippen molar-refractivity contribution in [2.45, 2.75) is 13.0 Å². The average molecular weight is 235 g/mol. The Labute approximate surface area is 96.5 Å². The zero-order valence-corrected chi connectivity index (χ0v) is 9.04. The Morgan fingerprint density at radius 1 is 1.53 bits per heavy atom. The third-order valence-corrected chi connectivity index (χ3v) is 2.46. The number of hydrogen-bond acceptors (Lipinski definition) is 3. The Morgan fingerprint density at radius 2 is 2.29 bits per heavy atom. The van der Waals surface area contributed by atoms with Gasteiger partial charge in [0, 0.05) is 0 Å². The lowest BCUT2D eigenvalue weighted by molar-refractivity contribution is 0.0690. The molecule has 1 heterocycles. The van der Waals surface area contributed by atoms with E-state index < -0.39 is 5.97 Å². The highest BCUT2D eigenvalue weighted by molar-refractivity contribution is 5.84. The Hall–Kier alpha value is -2.24. The monoisotopic (exact) mass is 235 g/mol. The van der Waals surface area contributed by atoms with E-state index in [-0.39, 0.29) is 17.6 Å². The molecule has 88 valence electrons. The summed E-state index contributed by atoms with van der Waals surface area (Å²) < 4.78 is 14.4. The van der Waals surface area contributed by atoms with Crippen LogP contribution in [0.1, 0.15) is 29.0 Å². The number of hydrogen-bond donors (Lipinski definition) is 1. The summed E-state index contributed by atoms with van der Waals surface area (Å²) in [5.41, 5.74) is 0.570. The molecule has 2 aromatic rings. The zero-order chi connectivity index (χ0) is 12.4. The molecule has 0 radical (unpaired) electrons. The van der Waals surface area contributed by atoms with Gasteiger partial charge >= 0.3 is 5.97 Å². The van der Waals surface area contributed by atoms with Crippen LogP contribution in [0.3, 0.4) is 0 Å². The number of halogens is 1. The van der Waals surface area contributed by atoms with Gasteiger partial charge in [0.05, 0.1) is 12.2 Å². The van der Waals surface area contributed by atoms with Crippen molar-refractivity contribution < 1.29 is 14.3 Å². The lowest BCUT2D eigenvalue weighted by Crippen LogP contribution is -2.07. The Morgan fingerprint density at radius 3 is 2.88 bits per heavy atom. The van der Waals surface area contributed by atoms with E-state index in [1.54, 1.807) is 19.1 Å². The van der Waals surface area contributed by atoms with Crippen LogP contribution >= 0.6 is 0 Å². The van der Waals surface area contributed by atoms with Crippen LogP contribution in [0.25, 0.3) is 0 Å². The van der Waals surface area contributed by atoms with Crippen molar-refractivity contribution in [1.82, 2.24) is 15.0 Å². The summed E-state index contributed by atoms with van der Waals surface area (Å²) in [6.07, 6.45) is 1.32. The SMILES string of the molecule is CC(c1cccc(F)c1)n1cc(C(=O)O)nn1. The topological polar surface area (TPSA) is 68.0 Å². The summed E-state index contributed by atoms with van der Waals surface area (Å²) >= 11 is 0. The van der Waals surface area contributed by atoms with Crippen molar-refractivity contribution in [3.8, 4) is 0 Å². The predicted molar refractivity (Wildman–Crippen MR) is 57.2 cm³/mol. The number of nitrogens with zero attached hydrogens (tertiary/aromatic N) is 3. The molecular weight excluding hydrogens is 225 g/mol. The van der Waals surface area contributed by atoms with Crippen molar-refractivity contribution in [2.75, 3.05) is 0 Å². The maximum absolute atomic E-state index is 13.0. The molecular formula is C11H10FN3O2. The summed E-state index contributed by atoms with van der Waals surface area (Å²) in [5, 5.41) is 15.9. The van der Waals surface area contributed by atoms with Crippen LogP contribution < -0.4 is 0 Å². The van der Waals surface area contributed by atoms with Crippen LogP contribution in [0.4, 0.5) is 4.39 Å². The fraction of sp³-hybridized carbons (Fsp3) is 0.182. The van der Waals surface area contributed by atoms with Crippen LogP contribution in [0, 0.1) is 5.82 Å². The normalized spacial score (nSPS) is 12.4. The van der Waals surface area contributed by atoms with Crippen LogP contribution in [-0.4, -0.2) is 26.1 Å². The van der Waals surface area contributed by atoms with Crippen LogP contribution in [0.15, 0.2) is 30.5 Å². The highest BCUT2D eigenvalue weighted by Gasteiger charge is 2.14. The number of aromatic nitrogens is 3. The number of rotatable bonds is 3. The Balaban J connectivity index is 2.30. The fourth-order valence-corrected chi connectivity index (χ4v) is 1.48. The predicted octanol–water partition coefficient (Wildman–Crippen LogP) is 1.72. The molecule has 0 fully saturated rings. The molecule has 1 unspecified atom stereocenters. The maximum atomic E-state index is 13.0. The number of carboxylic acid groups (broad SMARTS) is 1. The van der Waals surface area contributed by atoms with Gasteiger partial charge < -0.3 is 5.11 Å². The van der Waals surface area contributed by atoms with Gasteiger partial charge in [-0.2, -0.15) is 0 Å². The first-order valence-corrected chi connectivity index (χ1v) is 4.98. The Kier molecular flexibility index (Phi) is 2.86. The van der Waals surface area contributed by atoms with Gasteiger partial charge in [-0.05, 0) is 24.6 Å². The molecule has 1 aromatic carbocycles. The van der Waals surface area contributed by atoms with Crippen molar-refractivity contribution >= 4 is 5.97 Å². The molecule has 1 aromatic heterocycles. The maximum Gasteiger partial charge on any atom is 0.358 e. The third kappa shape index (κ3) is 2.30. The standard InChI is InChI=1S/C11H10FN3O2/c1-7(8-3-2-4-9(12)5-8)15-6-10(11(16)17)13-14-15/h2-7H,1H3,(H,16,17). The molecule has 0 aliphatic carbocycles. The summed E-state index contributed by atoms with van der Waals surface area (Å²) in [6.45, 7) is 1.79. The molecule has 1 N–H and O–H groups in total. The number of carboxylic acids is 1. The van der Waals surface area contributed by atoms with E-state index >= 15 is 0 Å². The van der Waals surface area contributed by atoms with Gasteiger partial charge in [0.15, 0.2) is 5.69 Å². The van der Waals surface area contributed by atoms with E-state index in [9.17, 15) is 9.18 Å². The molecule has 17 heavy (non-hydrogen) atoms. The molecule has 0 amide bonds. The minimum Gasteiger partial charge on any atom is -0.476 e. The van der Waals surface area contributed by atoms with Gasteiger partial charge in [-0.3, -0.25) is 0 Å². The first-order chi connectivity index (χ1) is 8.08. The number of carbonyl (C=O) groups is 1. The van der Waals surface area contributed by atoms with Crippen molar-refractivity contribution in [3.05, 3.63) is 47.5 Å². The van der Waals surface area contributed by atoms with Crippen molar-refractivity contribution in [3.63, 3.8) is 0 Å². The van der Waals surface area contributed by atoms with Crippen LogP contribution in [-0.2, 0) is 0 Å². The van der Waals surface area contributed by atoms with E-state index in [2.05, 4.69) is 10.3 Å². The van der Waals surface area contributed by atoms with Gasteiger partial charge in [0.2, 0.25) is 0 Å². The first-order valence-electron chi connectivity index (χ1n) is 4.98. The van der Waals surface area contributed by atoms with E-state index in [1.807, 2.05) is 0 Å². The molecule has 5 nitrogen and oxygen atoms in total. The highest BCUT2D eigenvalue weighted by atomic mass is 19.1. The number of benzene rings is 1. The molecule has 0 spiro atoms. The minimum atomic E-state index is -1.14. The summed E-state index contributed by atoms with van der Waals surface area (Å²) in [5.74, 6) is -1.48. The smallest absolute Gasteiger partial charge is 0.358 e. The van der Waals surface area contributed by atoms with Crippen molar-refractivity contribution in [2.24, 2.45) is 0 Å². The van der Waals surface area contributed by atoms with Crippen molar-refractivity contribution in [1.29, 1.82) is 0 Å². The molecule has 1 atom stereocenters. The second kappa shape index (κ2) is 4.32. The van der Waals surface area contributed by atoms with Crippen LogP contribution in [0.2, 0.25) is 0 Å². The van der Waals surface area contributed by atoms with Gasteiger partial charge in [-0.1, -0.05) is 17.3 Å². The second-order valence-corrected chi connectivity index (χ2v) is 3.62. The minimum absolute atomic E-state index is 0.131. The summed E-state index contributed by atoms with van der Waals surface area (Å²) in [7, 11) is 0. The highest BCUT2D eigenvalue weighted by Crippen LogP contribution is 2.17.